The van der Waals surface area contributed by atoms with Crippen LogP contribution >= 0.6 is 0 Å². The van der Waals surface area contributed by atoms with Crippen molar-refractivity contribution in [1.82, 2.24) is 15.0 Å². The minimum atomic E-state index is 0.643. The van der Waals surface area contributed by atoms with Gasteiger partial charge in [-0.3, -0.25) is 0 Å². The van der Waals surface area contributed by atoms with Crippen LogP contribution in [0.15, 0.2) is 0 Å². The van der Waals surface area contributed by atoms with Crippen molar-refractivity contribution in [1.29, 1.82) is 0 Å². The van der Waals surface area contributed by atoms with E-state index in [1.807, 2.05) is 11.6 Å². The first kappa shape index (κ1) is 11.5. The van der Waals surface area contributed by atoms with Crippen LogP contribution in [0.2, 0.25) is 0 Å². The van der Waals surface area contributed by atoms with Gasteiger partial charge >= 0.3 is 0 Å². The molecule has 0 radical (unpaired) electrons. The molecule has 0 amide bonds. The SMILES string of the molecule is CCOCCn1nnc(CCN)c1C1CC1. The molecule has 0 aromatic carbocycles. The Morgan fingerprint density at radius 3 is 2.94 bits per heavy atom. The Hall–Kier alpha value is -0.940. The maximum absolute atomic E-state index is 5.58. The molecule has 1 heterocycles. The molecule has 1 aromatic rings. The second kappa shape index (κ2) is 5.41. The summed E-state index contributed by atoms with van der Waals surface area (Å²) in [7, 11) is 0. The molecule has 0 atom stereocenters. The molecule has 90 valence electrons. The molecule has 1 aliphatic rings. The van der Waals surface area contributed by atoms with Crippen LogP contribution in [0.1, 0.15) is 37.1 Å². The number of nitrogens with zero attached hydrogens (tertiary/aromatic N) is 3. The lowest BCUT2D eigenvalue weighted by Crippen LogP contribution is -2.11. The van der Waals surface area contributed by atoms with E-state index in [1.54, 1.807) is 0 Å². The molecule has 5 nitrogen and oxygen atoms in total. The van der Waals surface area contributed by atoms with Crippen molar-refractivity contribution in [3.05, 3.63) is 11.4 Å². The molecule has 1 aromatic heterocycles. The van der Waals surface area contributed by atoms with Gasteiger partial charge in [-0.25, -0.2) is 4.68 Å². The van der Waals surface area contributed by atoms with E-state index in [1.165, 1.54) is 18.5 Å². The fourth-order valence-electron chi connectivity index (χ4n) is 1.93. The summed E-state index contributed by atoms with van der Waals surface area (Å²) >= 11 is 0. The van der Waals surface area contributed by atoms with Gasteiger partial charge in [0.2, 0.25) is 0 Å². The zero-order chi connectivity index (χ0) is 11.4. The number of hydrogen-bond acceptors (Lipinski definition) is 4. The second-order valence-corrected chi connectivity index (χ2v) is 4.15. The molecule has 0 spiro atoms. The van der Waals surface area contributed by atoms with Gasteiger partial charge in [0, 0.05) is 18.9 Å². The third kappa shape index (κ3) is 2.59. The molecule has 2 rings (SSSR count). The first-order chi connectivity index (χ1) is 7.86. The summed E-state index contributed by atoms with van der Waals surface area (Å²) in [6.45, 7) is 4.91. The molecular weight excluding hydrogens is 204 g/mol. The van der Waals surface area contributed by atoms with Gasteiger partial charge in [0.25, 0.3) is 0 Å². The largest absolute Gasteiger partial charge is 0.380 e. The van der Waals surface area contributed by atoms with Gasteiger partial charge in [0.05, 0.1) is 24.5 Å². The van der Waals surface area contributed by atoms with Crippen molar-refractivity contribution in [3.8, 4) is 0 Å². The Kier molecular flexibility index (Phi) is 3.90. The monoisotopic (exact) mass is 224 g/mol. The van der Waals surface area contributed by atoms with Crippen LogP contribution in [0, 0.1) is 0 Å². The highest BCUT2D eigenvalue weighted by Crippen LogP contribution is 2.41. The zero-order valence-corrected chi connectivity index (χ0v) is 9.85. The summed E-state index contributed by atoms with van der Waals surface area (Å²) < 4.78 is 7.35. The van der Waals surface area contributed by atoms with Gasteiger partial charge < -0.3 is 10.5 Å². The van der Waals surface area contributed by atoms with Crippen LogP contribution in [0.5, 0.6) is 0 Å². The zero-order valence-electron chi connectivity index (χ0n) is 9.85. The van der Waals surface area contributed by atoms with Gasteiger partial charge in [0.1, 0.15) is 0 Å². The molecule has 0 aliphatic heterocycles. The van der Waals surface area contributed by atoms with Crippen LogP contribution in [-0.4, -0.2) is 34.8 Å². The Balaban J connectivity index is 2.04. The molecule has 0 bridgehead atoms. The topological polar surface area (TPSA) is 66.0 Å². The summed E-state index contributed by atoms with van der Waals surface area (Å²) in [6.07, 6.45) is 3.36. The van der Waals surface area contributed by atoms with E-state index in [0.29, 0.717) is 19.1 Å². The average Bonchev–Trinajstić information content (AvgIpc) is 3.04. The summed E-state index contributed by atoms with van der Waals surface area (Å²) in [4.78, 5) is 0. The first-order valence-electron chi connectivity index (χ1n) is 6.06. The van der Waals surface area contributed by atoms with Gasteiger partial charge in [-0.15, -0.1) is 5.10 Å². The number of aromatic nitrogens is 3. The highest BCUT2D eigenvalue weighted by molar-refractivity contribution is 5.20. The van der Waals surface area contributed by atoms with E-state index in [2.05, 4.69) is 10.3 Å². The van der Waals surface area contributed by atoms with Crippen LogP contribution in [0.25, 0.3) is 0 Å². The van der Waals surface area contributed by atoms with Crippen molar-refractivity contribution >= 4 is 0 Å². The number of rotatable bonds is 7. The normalized spacial score (nSPS) is 15.6. The molecule has 1 aliphatic carbocycles. The Morgan fingerprint density at radius 1 is 1.50 bits per heavy atom. The average molecular weight is 224 g/mol. The standard InChI is InChI=1S/C11H20N4O/c1-2-16-8-7-15-11(9-3-4-9)10(5-6-12)13-14-15/h9H,2-8,12H2,1H3. The third-order valence-corrected chi connectivity index (χ3v) is 2.84. The van der Waals surface area contributed by atoms with Crippen LogP contribution < -0.4 is 5.73 Å². The highest BCUT2D eigenvalue weighted by atomic mass is 16.5. The summed E-state index contributed by atoms with van der Waals surface area (Å²) in [5.41, 5.74) is 7.96. The van der Waals surface area contributed by atoms with Crippen molar-refractivity contribution in [2.45, 2.75) is 38.6 Å². The molecular formula is C11H20N4O. The Bertz CT molecular complexity index is 333. The van der Waals surface area contributed by atoms with E-state index in [0.717, 1.165) is 25.3 Å². The predicted octanol–water partition coefficient (Wildman–Crippen LogP) is 0.693. The van der Waals surface area contributed by atoms with Gasteiger partial charge in [-0.05, 0) is 26.3 Å². The lowest BCUT2D eigenvalue weighted by Gasteiger charge is -2.06. The van der Waals surface area contributed by atoms with Gasteiger partial charge in [-0.1, -0.05) is 5.21 Å². The Morgan fingerprint density at radius 2 is 2.31 bits per heavy atom. The van der Waals surface area contributed by atoms with Crippen LogP contribution in [-0.2, 0) is 17.7 Å². The van der Waals surface area contributed by atoms with E-state index < -0.39 is 0 Å². The second-order valence-electron chi connectivity index (χ2n) is 4.15. The fourth-order valence-corrected chi connectivity index (χ4v) is 1.93. The van der Waals surface area contributed by atoms with Crippen molar-refractivity contribution in [2.75, 3.05) is 19.8 Å². The molecule has 1 saturated carbocycles. The summed E-state index contributed by atoms with van der Waals surface area (Å²) in [6, 6.07) is 0. The lowest BCUT2D eigenvalue weighted by atomic mass is 10.2. The minimum absolute atomic E-state index is 0.643. The molecule has 5 heteroatoms. The lowest BCUT2D eigenvalue weighted by molar-refractivity contribution is 0.135. The minimum Gasteiger partial charge on any atom is -0.380 e. The molecule has 16 heavy (non-hydrogen) atoms. The van der Waals surface area contributed by atoms with Crippen LogP contribution in [0.4, 0.5) is 0 Å². The number of nitrogens with two attached hydrogens (primary N) is 1. The molecule has 0 saturated heterocycles. The van der Waals surface area contributed by atoms with Crippen molar-refractivity contribution in [2.24, 2.45) is 5.73 Å². The maximum atomic E-state index is 5.58. The van der Waals surface area contributed by atoms with Crippen molar-refractivity contribution in [3.63, 3.8) is 0 Å². The summed E-state index contributed by atoms with van der Waals surface area (Å²) in [5.74, 6) is 0.665. The molecule has 2 N–H and O–H groups in total. The molecule has 1 fully saturated rings. The quantitative estimate of drug-likeness (QED) is 0.692. The fraction of sp³-hybridized carbons (Fsp3) is 0.818. The van der Waals surface area contributed by atoms with Crippen LogP contribution in [0.3, 0.4) is 0 Å². The van der Waals surface area contributed by atoms with Crippen molar-refractivity contribution < 1.29 is 4.74 Å². The Labute approximate surface area is 96.0 Å². The van der Waals surface area contributed by atoms with E-state index >= 15 is 0 Å². The van der Waals surface area contributed by atoms with E-state index in [4.69, 9.17) is 10.5 Å². The maximum Gasteiger partial charge on any atom is 0.0874 e. The third-order valence-electron chi connectivity index (χ3n) is 2.84. The van der Waals surface area contributed by atoms with Gasteiger partial charge in [0.15, 0.2) is 0 Å². The van der Waals surface area contributed by atoms with Gasteiger partial charge in [-0.2, -0.15) is 0 Å². The number of hydrogen-bond donors (Lipinski definition) is 1. The highest BCUT2D eigenvalue weighted by Gasteiger charge is 2.30. The van der Waals surface area contributed by atoms with E-state index in [9.17, 15) is 0 Å². The first-order valence-corrected chi connectivity index (χ1v) is 6.06. The smallest absolute Gasteiger partial charge is 0.0874 e. The summed E-state index contributed by atoms with van der Waals surface area (Å²) in [5, 5.41) is 8.42. The molecule has 0 unspecified atom stereocenters. The number of ether oxygens (including phenoxy) is 1. The van der Waals surface area contributed by atoms with E-state index in [-0.39, 0.29) is 0 Å². The predicted molar refractivity (Wildman–Crippen MR) is 61.2 cm³/mol.